The lowest BCUT2D eigenvalue weighted by molar-refractivity contribution is -0.274. The SMILES string of the molecule is FC(F)(F)Oc1cccc(-c2csc(Nc3cccc(C(F)(F)F)c3)n2)c1. The van der Waals surface area contributed by atoms with Crippen molar-refractivity contribution in [3.63, 3.8) is 0 Å². The summed E-state index contributed by atoms with van der Waals surface area (Å²) in [7, 11) is 0. The number of benzene rings is 2. The van der Waals surface area contributed by atoms with Gasteiger partial charge in [-0.05, 0) is 30.3 Å². The molecule has 0 atom stereocenters. The lowest BCUT2D eigenvalue weighted by atomic mass is 10.2. The van der Waals surface area contributed by atoms with Gasteiger partial charge in [-0.25, -0.2) is 4.98 Å². The van der Waals surface area contributed by atoms with Crippen molar-refractivity contribution in [1.29, 1.82) is 0 Å². The van der Waals surface area contributed by atoms with Crippen molar-refractivity contribution in [2.24, 2.45) is 0 Å². The van der Waals surface area contributed by atoms with Gasteiger partial charge in [0.15, 0.2) is 5.13 Å². The van der Waals surface area contributed by atoms with Crippen molar-refractivity contribution in [2.45, 2.75) is 12.5 Å². The first kappa shape index (κ1) is 19.0. The third-order valence-electron chi connectivity index (χ3n) is 3.31. The van der Waals surface area contributed by atoms with Crippen molar-refractivity contribution in [1.82, 2.24) is 4.98 Å². The predicted octanol–water partition coefficient (Wildman–Crippen LogP) is 6.47. The highest BCUT2D eigenvalue weighted by Gasteiger charge is 2.31. The minimum atomic E-state index is -4.81. The van der Waals surface area contributed by atoms with Crippen LogP contribution in [0.15, 0.2) is 53.9 Å². The number of rotatable bonds is 4. The highest BCUT2D eigenvalue weighted by molar-refractivity contribution is 7.14. The molecule has 0 unspecified atom stereocenters. The Morgan fingerprint density at radius 2 is 1.67 bits per heavy atom. The first-order valence-electron chi connectivity index (χ1n) is 7.36. The zero-order valence-corrected chi connectivity index (χ0v) is 14.0. The van der Waals surface area contributed by atoms with E-state index in [9.17, 15) is 26.3 Å². The van der Waals surface area contributed by atoms with Crippen LogP contribution in [0.1, 0.15) is 5.56 Å². The molecule has 0 saturated heterocycles. The van der Waals surface area contributed by atoms with Crippen LogP contribution in [0.25, 0.3) is 11.3 Å². The van der Waals surface area contributed by atoms with Crippen molar-refractivity contribution in [3.8, 4) is 17.0 Å². The van der Waals surface area contributed by atoms with Gasteiger partial charge in [-0.3, -0.25) is 0 Å². The highest BCUT2D eigenvalue weighted by atomic mass is 32.1. The third kappa shape index (κ3) is 5.13. The summed E-state index contributed by atoms with van der Waals surface area (Å²) in [5.41, 5.74) is 0.133. The standard InChI is InChI=1S/C17H10F6N2OS/c18-16(19,20)11-4-2-5-12(8-11)24-15-25-14(9-27-15)10-3-1-6-13(7-10)26-17(21,22)23/h1-9H,(H,24,25). The number of ether oxygens (including phenoxy) is 1. The van der Waals surface area contributed by atoms with Crippen LogP contribution in [-0.4, -0.2) is 11.3 Å². The molecule has 0 amide bonds. The zero-order chi connectivity index (χ0) is 19.7. The van der Waals surface area contributed by atoms with E-state index in [0.29, 0.717) is 16.4 Å². The Kier molecular flexibility index (Phi) is 5.01. The summed E-state index contributed by atoms with van der Waals surface area (Å²) in [6.45, 7) is 0. The Hall–Kier alpha value is -2.75. The second-order valence-corrected chi connectivity index (χ2v) is 6.18. The van der Waals surface area contributed by atoms with Crippen LogP contribution in [0, 0.1) is 0 Å². The number of anilines is 2. The van der Waals surface area contributed by atoms with E-state index in [2.05, 4.69) is 15.0 Å². The maximum Gasteiger partial charge on any atom is 0.573 e. The number of hydrogen-bond acceptors (Lipinski definition) is 4. The van der Waals surface area contributed by atoms with Crippen LogP contribution in [0.2, 0.25) is 0 Å². The number of alkyl halides is 6. The van der Waals surface area contributed by atoms with Crippen molar-refractivity contribution in [3.05, 3.63) is 59.5 Å². The quantitative estimate of drug-likeness (QED) is 0.506. The molecule has 0 aliphatic heterocycles. The van der Waals surface area contributed by atoms with Crippen molar-refractivity contribution < 1.29 is 31.1 Å². The van der Waals surface area contributed by atoms with Crippen LogP contribution in [0.5, 0.6) is 5.75 Å². The fourth-order valence-corrected chi connectivity index (χ4v) is 2.95. The molecule has 0 aliphatic carbocycles. The number of thiazole rings is 1. The van der Waals surface area contributed by atoms with Gasteiger partial charge in [0, 0.05) is 16.6 Å². The number of nitrogens with one attached hydrogen (secondary N) is 1. The van der Waals surface area contributed by atoms with Gasteiger partial charge < -0.3 is 10.1 Å². The minimum absolute atomic E-state index is 0.194. The maximum absolute atomic E-state index is 12.8. The summed E-state index contributed by atoms with van der Waals surface area (Å²) in [5.74, 6) is -0.389. The van der Waals surface area contributed by atoms with E-state index in [-0.39, 0.29) is 11.4 Å². The molecule has 1 N–H and O–H groups in total. The molecule has 3 rings (SSSR count). The van der Waals surface area contributed by atoms with E-state index in [1.54, 1.807) is 11.4 Å². The second-order valence-electron chi connectivity index (χ2n) is 5.32. The van der Waals surface area contributed by atoms with Crippen molar-refractivity contribution in [2.75, 3.05) is 5.32 Å². The Morgan fingerprint density at radius 1 is 0.926 bits per heavy atom. The molecule has 1 heterocycles. The van der Waals surface area contributed by atoms with Gasteiger partial charge in [-0.1, -0.05) is 18.2 Å². The van der Waals surface area contributed by atoms with Crippen LogP contribution in [0.3, 0.4) is 0 Å². The number of halogens is 6. The van der Waals surface area contributed by atoms with Gasteiger partial charge in [-0.2, -0.15) is 13.2 Å². The topological polar surface area (TPSA) is 34.1 Å². The van der Waals surface area contributed by atoms with Crippen LogP contribution in [0.4, 0.5) is 37.2 Å². The van der Waals surface area contributed by atoms with Gasteiger partial charge in [0.1, 0.15) is 5.75 Å². The van der Waals surface area contributed by atoms with E-state index in [1.807, 2.05) is 0 Å². The van der Waals surface area contributed by atoms with Gasteiger partial charge in [-0.15, -0.1) is 24.5 Å². The van der Waals surface area contributed by atoms with Gasteiger partial charge in [0.25, 0.3) is 0 Å². The molecule has 0 bridgehead atoms. The Balaban J connectivity index is 1.79. The molecule has 0 fully saturated rings. The molecule has 0 aliphatic rings. The summed E-state index contributed by atoms with van der Waals surface area (Å²) in [5, 5.41) is 4.63. The normalized spacial score (nSPS) is 12.1. The van der Waals surface area contributed by atoms with Crippen LogP contribution >= 0.6 is 11.3 Å². The Morgan fingerprint density at radius 3 is 2.37 bits per heavy atom. The smallest absolute Gasteiger partial charge is 0.406 e. The van der Waals surface area contributed by atoms with Gasteiger partial charge >= 0.3 is 12.5 Å². The minimum Gasteiger partial charge on any atom is -0.406 e. The fraction of sp³-hybridized carbons (Fsp3) is 0.118. The molecular formula is C17H10F6N2OS. The molecule has 3 aromatic rings. The van der Waals surface area contributed by atoms with E-state index in [4.69, 9.17) is 0 Å². The summed E-state index contributed by atoms with van der Waals surface area (Å²) >= 11 is 1.11. The lowest BCUT2D eigenvalue weighted by Gasteiger charge is -2.09. The average molecular weight is 404 g/mol. The van der Waals surface area contributed by atoms with Crippen LogP contribution < -0.4 is 10.1 Å². The molecule has 0 spiro atoms. The predicted molar refractivity (Wildman–Crippen MR) is 89.0 cm³/mol. The Bertz CT molecular complexity index is 935. The molecule has 27 heavy (non-hydrogen) atoms. The average Bonchev–Trinajstić information content (AvgIpc) is 3.01. The van der Waals surface area contributed by atoms with E-state index < -0.39 is 18.1 Å². The molecule has 142 valence electrons. The van der Waals surface area contributed by atoms with Crippen LogP contribution in [-0.2, 0) is 6.18 Å². The zero-order valence-electron chi connectivity index (χ0n) is 13.2. The maximum atomic E-state index is 12.8. The summed E-state index contributed by atoms with van der Waals surface area (Å²) in [6.07, 6.45) is -9.28. The number of nitrogens with zero attached hydrogens (tertiary/aromatic N) is 1. The van der Waals surface area contributed by atoms with E-state index in [1.165, 1.54) is 24.3 Å². The van der Waals surface area contributed by atoms with Crippen molar-refractivity contribution >= 4 is 22.2 Å². The monoisotopic (exact) mass is 404 g/mol. The molecule has 0 saturated carbocycles. The highest BCUT2D eigenvalue weighted by Crippen LogP contribution is 2.33. The fourth-order valence-electron chi connectivity index (χ4n) is 2.21. The van der Waals surface area contributed by atoms with Gasteiger partial charge in [0.05, 0.1) is 11.3 Å². The molecular weight excluding hydrogens is 394 g/mol. The third-order valence-corrected chi connectivity index (χ3v) is 4.07. The molecule has 10 heteroatoms. The molecule has 0 radical (unpaired) electrons. The Labute approximate surface area is 153 Å². The summed E-state index contributed by atoms with van der Waals surface area (Å²) in [4.78, 5) is 4.19. The lowest BCUT2D eigenvalue weighted by Crippen LogP contribution is -2.17. The van der Waals surface area contributed by atoms with E-state index >= 15 is 0 Å². The summed E-state index contributed by atoms with van der Waals surface area (Å²) < 4.78 is 79.1. The number of hydrogen-bond donors (Lipinski definition) is 1. The van der Waals surface area contributed by atoms with Gasteiger partial charge in [0.2, 0.25) is 0 Å². The number of aromatic nitrogens is 1. The molecule has 3 nitrogen and oxygen atoms in total. The first-order valence-corrected chi connectivity index (χ1v) is 8.24. The van der Waals surface area contributed by atoms with E-state index in [0.717, 1.165) is 29.5 Å². The molecule has 1 aromatic heterocycles. The first-order chi connectivity index (χ1) is 12.6. The molecule has 2 aromatic carbocycles. The largest absolute Gasteiger partial charge is 0.573 e. The second kappa shape index (κ2) is 7.10. The summed E-state index contributed by atoms with van der Waals surface area (Å²) in [6, 6.07) is 9.87.